The lowest BCUT2D eigenvalue weighted by Gasteiger charge is -2.61. The zero-order valence-corrected chi connectivity index (χ0v) is 10.6. The number of hydrogen-bond donors (Lipinski definition) is 0. The van der Waals surface area contributed by atoms with Crippen LogP contribution in [0.5, 0.6) is 0 Å². The summed E-state index contributed by atoms with van der Waals surface area (Å²) in [6.07, 6.45) is 2.81. The predicted molar refractivity (Wildman–Crippen MR) is 60.7 cm³/mol. The summed E-state index contributed by atoms with van der Waals surface area (Å²) in [4.78, 5) is 10.5. The molecule has 0 aromatic rings. The van der Waals surface area contributed by atoms with Crippen LogP contribution in [0.25, 0.3) is 0 Å². The second-order valence-corrected chi connectivity index (χ2v) is 5.98. The van der Waals surface area contributed by atoms with Gasteiger partial charge in [-0.1, -0.05) is 20.8 Å². The smallest absolute Gasteiger partial charge is 0.0961 e. The molecule has 0 N–H and O–H groups in total. The standard InChI is InChI=1S/C12H21ClO2/c1-8-10-6-9(12(10,2)3)7-11(8)15-14-5-4-13/h8-11H,4-7H2,1-3H3/t8-,9+,10-,11-/m1/s1. The summed E-state index contributed by atoms with van der Waals surface area (Å²) >= 11 is 5.53. The molecule has 3 aliphatic rings. The zero-order chi connectivity index (χ0) is 11.1. The summed E-state index contributed by atoms with van der Waals surface area (Å²) in [7, 11) is 0. The Morgan fingerprint density at radius 1 is 1.33 bits per heavy atom. The summed E-state index contributed by atoms with van der Waals surface area (Å²) in [6.45, 7) is 7.55. The topological polar surface area (TPSA) is 18.5 Å². The number of alkyl halides is 1. The molecule has 15 heavy (non-hydrogen) atoms. The number of halogens is 1. The van der Waals surface area contributed by atoms with Crippen molar-refractivity contribution >= 4 is 11.6 Å². The Morgan fingerprint density at radius 2 is 2.07 bits per heavy atom. The van der Waals surface area contributed by atoms with Crippen molar-refractivity contribution in [2.24, 2.45) is 23.2 Å². The first-order valence-electron chi connectivity index (χ1n) is 5.91. The zero-order valence-electron chi connectivity index (χ0n) is 9.83. The van der Waals surface area contributed by atoms with Crippen LogP contribution in [0.15, 0.2) is 0 Å². The minimum absolute atomic E-state index is 0.282. The number of fused-ring (bicyclic) bond motifs is 2. The lowest BCUT2D eigenvalue weighted by Crippen LogP contribution is -2.57. The van der Waals surface area contributed by atoms with Crippen LogP contribution in [-0.2, 0) is 9.78 Å². The molecule has 0 spiro atoms. The van der Waals surface area contributed by atoms with Crippen LogP contribution < -0.4 is 0 Å². The van der Waals surface area contributed by atoms with E-state index in [1.807, 2.05) is 0 Å². The molecule has 0 amide bonds. The molecular formula is C12H21ClO2. The van der Waals surface area contributed by atoms with Gasteiger partial charge in [-0.15, -0.1) is 11.6 Å². The highest BCUT2D eigenvalue weighted by atomic mass is 35.5. The van der Waals surface area contributed by atoms with E-state index in [1.54, 1.807) is 0 Å². The number of hydrogen-bond acceptors (Lipinski definition) is 2. The Labute approximate surface area is 97.2 Å². The van der Waals surface area contributed by atoms with Gasteiger partial charge < -0.3 is 0 Å². The van der Waals surface area contributed by atoms with Crippen molar-refractivity contribution in [1.29, 1.82) is 0 Å². The molecule has 0 heterocycles. The molecule has 3 aliphatic carbocycles. The van der Waals surface area contributed by atoms with Gasteiger partial charge in [0, 0.05) is 5.88 Å². The van der Waals surface area contributed by atoms with Crippen molar-refractivity contribution in [3.63, 3.8) is 0 Å². The highest BCUT2D eigenvalue weighted by Crippen LogP contribution is 2.61. The van der Waals surface area contributed by atoms with Gasteiger partial charge in [0.05, 0.1) is 12.7 Å². The quantitative estimate of drug-likeness (QED) is 0.321. The molecule has 3 saturated carbocycles. The second-order valence-electron chi connectivity index (χ2n) is 5.60. The molecule has 3 fully saturated rings. The van der Waals surface area contributed by atoms with E-state index in [2.05, 4.69) is 20.8 Å². The average Bonchev–Trinajstić information content (AvgIpc) is 2.20. The summed E-state index contributed by atoms with van der Waals surface area (Å²) in [5.74, 6) is 2.74. The Balaban J connectivity index is 1.85. The van der Waals surface area contributed by atoms with E-state index in [-0.39, 0.29) is 6.10 Å². The summed E-state index contributed by atoms with van der Waals surface area (Å²) in [6, 6.07) is 0. The van der Waals surface area contributed by atoms with Crippen molar-refractivity contribution in [1.82, 2.24) is 0 Å². The Kier molecular flexibility index (Phi) is 3.30. The third-order valence-corrected chi connectivity index (χ3v) is 4.79. The van der Waals surface area contributed by atoms with Crippen molar-refractivity contribution in [3.05, 3.63) is 0 Å². The van der Waals surface area contributed by atoms with E-state index < -0.39 is 0 Å². The van der Waals surface area contributed by atoms with E-state index in [4.69, 9.17) is 21.4 Å². The molecule has 3 heteroatoms. The van der Waals surface area contributed by atoms with Crippen molar-refractivity contribution in [2.45, 2.75) is 39.7 Å². The van der Waals surface area contributed by atoms with Gasteiger partial charge in [-0.25, -0.2) is 9.78 Å². The normalized spacial score (nSPS) is 42.4. The van der Waals surface area contributed by atoms with Gasteiger partial charge in [-0.3, -0.25) is 0 Å². The molecule has 2 bridgehead atoms. The lowest BCUT2D eigenvalue weighted by molar-refractivity contribution is -0.355. The first-order valence-corrected chi connectivity index (χ1v) is 6.45. The van der Waals surface area contributed by atoms with Crippen molar-refractivity contribution in [3.8, 4) is 0 Å². The monoisotopic (exact) mass is 232 g/mol. The highest BCUT2D eigenvalue weighted by Gasteiger charge is 2.56. The lowest BCUT2D eigenvalue weighted by atomic mass is 9.45. The predicted octanol–water partition coefficient (Wildman–Crippen LogP) is 3.24. The molecule has 0 aromatic carbocycles. The van der Waals surface area contributed by atoms with E-state index in [1.165, 1.54) is 6.42 Å². The summed E-state index contributed by atoms with van der Waals surface area (Å²) in [5.41, 5.74) is 0.520. The first kappa shape index (κ1) is 11.7. The maximum absolute atomic E-state index is 5.53. The van der Waals surface area contributed by atoms with Gasteiger partial charge in [-0.2, -0.15) is 0 Å². The van der Waals surface area contributed by atoms with Gasteiger partial charge in [0.25, 0.3) is 0 Å². The molecule has 0 unspecified atom stereocenters. The van der Waals surface area contributed by atoms with Crippen LogP contribution in [0.2, 0.25) is 0 Å². The molecule has 0 saturated heterocycles. The Hall–Kier alpha value is 0.210. The van der Waals surface area contributed by atoms with Gasteiger partial charge in [0.1, 0.15) is 0 Å². The minimum atomic E-state index is 0.282. The molecule has 3 rings (SSSR count). The molecular weight excluding hydrogens is 212 g/mol. The SMILES string of the molecule is C[C@@H]1[C@H]2C[C@@H](C[C@H]1OOCCCl)C2(C)C. The summed E-state index contributed by atoms with van der Waals surface area (Å²) < 4.78 is 0. The highest BCUT2D eigenvalue weighted by molar-refractivity contribution is 6.17. The van der Waals surface area contributed by atoms with Gasteiger partial charge in [0.15, 0.2) is 0 Å². The van der Waals surface area contributed by atoms with Gasteiger partial charge >= 0.3 is 0 Å². The van der Waals surface area contributed by atoms with Crippen LogP contribution >= 0.6 is 11.6 Å². The summed E-state index contributed by atoms with van der Waals surface area (Å²) in [5, 5.41) is 0. The molecule has 0 aliphatic heterocycles. The van der Waals surface area contributed by atoms with Crippen LogP contribution in [0.4, 0.5) is 0 Å². The van der Waals surface area contributed by atoms with Crippen LogP contribution in [0, 0.1) is 23.2 Å². The average molecular weight is 233 g/mol. The third-order valence-electron chi connectivity index (χ3n) is 4.64. The molecule has 4 atom stereocenters. The van der Waals surface area contributed by atoms with Crippen LogP contribution in [0.1, 0.15) is 33.6 Å². The molecule has 0 aromatic heterocycles. The fourth-order valence-corrected chi connectivity index (χ4v) is 3.46. The van der Waals surface area contributed by atoms with E-state index in [0.717, 1.165) is 18.3 Å². The number of rotatable bonds is 4. The van der Waals surface area contributed by atoms with Crippen LogP contribution in [-0.4, -0.2) is 18.6 Å². The van der Waals surface area contributed by atoms with Gasteiger partial charge in [0.2, 0.25) is 0 Å². The molecule has 0 radical (unpaired) electrons. The third kappa shape index (κ3) is 1.92. The second kappa shape index (κ2) is 4.23. The largest absolute Gasteiger partial charge is 0.235 e. The van der Waals surface area contributed by atoms with E-state index in [0.29, 0.717) is 23.8 Å². The van der Waals surface area contributed by atoms with E-state index in [9.17, 15) is 0 Å². The molecule has 88 valence electrons. The maximum Gasteiger partial charge on any atom is 0.0961 e. The fraction of sp³-hybridized carbons (Fsp3) is 1.00. The maximum atomic E-state index is 5.53. The van der Waals surface area contributed by atoms with E-state index >= 15 is 0 Å². The van der Waals surface area contributed by atoms with Gasteiger partial charge in [-0.05, 0) is 36.0 Å². The molecule has 2 nitrogen and oxygen atoms in total. The first-order chi connectivity index (χ1) is 7.07. The minimum Gasteiger partial charge on any atom is -0.235 e. The Bertz CT molecular complexity index is 230. The van der Waals surface area contributed by atoms with Crippen molar-refractivity contribution in [2.75, 3.05) is 12.5 Å². The van der Waals surface area contributed by atoms with Crippen molar-refractivity contribution < 1.29 is 9.78 Å². The Morgan fingerprint density at radius 3 is 2.60 bits per heavy atom. The van der Waals surface area contributed by atoms with Crippen LogP contribution in [0.3, 0.4) is 0 Å². The fourth-order valence-electron chi connectivity index (χ4n) is 3.40.